The summed E-state index contributed by atoms with van der Waals surface area (Å²) in [4.78, 5) is 35.9. The van der Waals surface area contributed by atoms with Crippen molar-refractivity contribution >= 4 is 29.5 Å². The maximum atomic E-state index is 12.0. The number of hydrogen-bond donors (Lipinski definition) is 1. The third-order valence-electron chi connectivity index (χ3n) is 2.94. The van der Waals surface area contributed by atoms with Gasteiger partial charge in [0.05, 0.1) is 26.5 Å². The summed E-state index contributed by atoms with van der Waals surface area (Å²) in [7, 11) is 3.86. The molecule has 23 heavy (non-hydrogen) atoms. The Hall–Kier alpha value is -2.61. The average molecular weight is 324 g/mol. The number of hydrogen-bond acceptors (Lipinski definition) is 6. The summed E-state index contributed by atoms with van der Waals surface area (Å²) >= 11 is 0. The van der Waals surface area contributed by atoms with Crippen LogP contribution in [0.1, 0.15) is 12.5 Å². The maximum Gasteiger partial charge on any atom is 0.423 e. The minimum Gasteiger partial charge on any atom is -0.452 e. The summed E-state index contributed by atoms with van der Waals surface area (Å²) in [6.45, 7) is 1.75. The Morgan fingerprint density at radius 2 is 1.70 bits per heavy atom. The predicted octanol–water partition coefficient (Wildman–Crippen LogP) is 2.17. The molecule has 0 saturated heterocycles. The number of nitrogens with zero attached hydrogens (tertiary/aromatic N) is 1. The Balaban J connectivity index is 3.35. The van der Waals surface area contributed by atoms with Crippen molar-refractivity contribution in [2.45, 2.75) is 13.3 Å². The molecule has 1 rings (SSSR count). The van der Waals surface area contributed by atoms with E-state index in [2.05, 4.69) is 14.8 Å². The molecule has 0 aliphatic carbocycles. The van der Waals surface area contributed by atoms with E-state index < -0.39 is 12.2 Å². The molecule has 126 valence electrons. The van der Waals surface area contributed by atoms with Crippen LogP contribution in [-0.2, 0) is 25.4 Å². The third kappa shape index (κ3) is 4.96. The second-order valence-electron chi connectivity index (χ2n) is 4.54. The SMILES string of the molecule is COCCc1ccc(NC(C)=O)cc1N(C(=O)OC)C(=O)OC. The smallest absolute Gasteiger partial charge is 0.423 e. The van der Waals surface area contributed by atoms with Gasteiger partial charge >= 0.3 is 12.2 Å². The van der Waals surface area contributed by atoms with Gasteiger partial charge in [-0.15, -0.1) is 0 Å². The first-order chi connectivity index (χ1) is 10.9. The zero-order valence-corrected chi connectivity index (χ0v) is 13.5. The van der Waals surface area contributed by atoms with Crippen LogP contribution >= 0.6 is 0 Å². The van der Waals surface area contributed by atoms with Gasteiger partial charge in [0.15, 0.2) is 0 Å². The minimum atomic E-state index is -0.893. The Morgan fingerprint density at radius 3 is 2.17 bits per heavy atom. The number of rotatable bonds is 5. The number of nitrogens with one attached hydrogen (secondary N) is 1. The molecule has 8 heteroatoms. The topological polar surface area (TPSA) is 94.2 Å². The van der Waals surface area contributed by atoms with Crippen LogP contribution in [0.15, 0.2) is 18.2 Å². The Bertz CT molecular complexity index is 571. The lowest BCUT2D eigenvalue weighted by Crippen LogP contribution is -2.37. The molecule has 0 unspecified atom stereocenters. The molecule has 0 radical (unpaired) electrons. The van der Waals surface area contributed by atoms with Crippen molar-refractivity contribution in [3.63, 3.8) is 0 Å². The molecule has 0 spiro atoms. The van der Waals surface area contributed by atoms with Crippen molar-refractivity contribution < 1.29 is 28.6 Å². The van der Waals surface area contributed by atoms with Gasteiger partial charge in [0.25, 0.3) is 0 Å². The summed E-state index contributed by atoms with van der Waals surface area (Å²) in [5, 5.41) is 2.60. The first-order valence-electron chi connectivity index (χ1n) is 6.80. The first kappa shape index (κ1) is 18.4. The van der Waals surface area contributed by atoms with Gasteiger partial charge in [-0.1, -0.05) is 6.07 Å². The van der Waals surface area contributed by atoms with Crippen LogP contribution in [0.25, 0.3) is 0 Å². The van der Waals surface area contributed by atoms with Crippen LogP contribution in [0.2, 0.25) is 0 Å². The lowest BCUT2D eigenvalue weighted by Gasteiger charge is -2.21. The zero-order valence-electron chi connectivity index (χ0n) is 13.5. The lowest BCUT2D eigenvalue weighted by molar-refractivity contribution is -0.114. The molecule has 3 amide bonds. The summed E-state index contributed by atoms with van der Waals surface area (Å²) in [6, 6.07) is 4.86. The lowest BCUT2D eigenvalue weighted by atomic mass is 10.1. The van der Waals surface area contributed by atoms with Crippen molar-refractivity contribution in [2.75, 3.05) is 38.2 Å². The summed E-state index contributed by atoms with van der Waals surface area (Å²) in [5.41, 5.74) is 1.36. The number of amides is 3. The van der Waals surface area contributed by atoms with E-state index >= 15 is 0 Å². The molecule has 0 aliphatic rings. The third-order valence-corrected chi connectivity index (χ3v) is 2.94. The van der Waals surface area contributed by atoms with E-state index in [0.717, 1.165) is 19.1 Å². The fraction of sp³-hybridized carbons (Fsp3) is 0.400. The molecule has 0 fully saturated rings. The molecule has 0 saturated carbocycles. The summed E-state index contributed by atoms with van der Waals surface area (Å²) in [5.74, 6) is -0.275. The molecule has 0 heterocycles. The Kier molecular flexibility index (Phi) is 7.01. The molecule has 0 atom stereocenters. The molecular weight excluding hydrogens is 304 g/mol. The number of carbonyl (C=O) groups excluding carboxylic acids is 3. The molecule has 1 aromatic carbocycles. The van der Waals surface area contributed by atoms with Crippen molar-refractivity contribution in [3.05, 3.63) is 23.8 Å². The van der Waals surface area contributed by atoms with Crippen molar-refractivity contribution in [2.24, 2.45) is 0 Å². The van der Waals surface area contributed by atoms with Crippen LogP contribution in [0.5, 0.6) is 0 Å². The van der Waals surface area contributed by atoms with Crippen LogP contribution in [0.3, 0.4) is 0 Å². The highest BCUT2D eigenvalue weighted by Gasteiger charge is 2.27. The van der Waals surface area contributed by atoms with Crippen molar-refractivity contribution in [1.82, 2.24) is 0 Å². The number of carbonyl (C=O) groups is 3. The highest BCUT2D eigenvalue weighted by Crippen LogP contribution is 2.27. The second-order valence-corrected chi connectivity index (χ2v) is 4.54. The zero-order chi connectivity index (χ0) is 17.4. The maximum absolute atomic E-state index is 12.0. The standard InChI is InChI=1S/C15H20N2O6/c1-10(18)16-12-6-5-11(7-8-21-2)13(9-12)17(14(19)22-3)15(20)23-4/h5-6,9H,7-8H2,1-4H3,(H,16,18). The molecule has 0 aliphatic heterocycles. The molecule has 8 nitrogen and oxygen atoms in total. The molecule has 0 aromatic heterocycles. The van der Waals surface area contributed by atoms with Gasteiger partial charge in [-0.25, -0.2) is 9.59 Å². The monoisotopic (exact) mass is 324 g/mol. The van der Waals surface area contributed by atoms with Gasteiger partial charge in [0.1, 0.15) is 0 Å². The molecule has 1 N–H and O–H groups in total. The van der Waals surface area contributed by atoms with Crippen LogP contribution in [-0.4, -0.2) is 46.0 Å². The van der Waals surface area contributed by atoms with Gasteiger partial charge in [-0.2, -0.15) is 4.90 Å². The average Bonchev–Trinajstić information content (AvgIpc) is 2.53. The van der Waals surface area contributed by atoms with E-state index in [1.54, 1.807) is 19.2 Å². The normalized spacial score (nSPS) is 9.91. The highest BCUT2D eigenvalue weighted by molar-refractivity contribution is 6.10. The number of methoxy groups -OCH3 is 3. The second kappa shape index (κ2) is 8.74. The first-order valence-corrected chi connectivity index (χ1v) is 6.80. The van der Waals surface area contributed by atoms with Gasteiger partial charge < -0.3 is 19.5 Å². The Morgan fingerprint density at radius 1 is 1.09 bits per heavy atom. The fourth-order valence-corrected chi connectivity index (χ4v) is 1.93. The van der Waals surface area contributed by atoms with Gasteiger partial charge in [0, 0.05) is 19.7 Å². The number of ether oxygens (including phenoxy) is 3. The molecular formula is C15H20N2O6. The summed E-state index contributed by atoms with van der Waals surface area (Å²) in [6.07, 6.45) is -1.33. The van der Waals surface area contributed by atoms with Crippen LogP contribution < -0.4 is 10.2 Å². The van der Waals surface area contributed by atoms with E-state index in [0.29, 0.717) is 24.3 Å². The van der Waals surface area contributed by atoms with Crippen LogP contribution in [0, 0.1) is 0 Å². The van der Waals surface area contributed by atoms with E-state index in [9.17, 15) is 14.4 Å². The van der Waals surface area contributed by atoms with E-state index in [1.165, 1.54) is 13.0 Å². The van der Waals surface area contributed by atoms with E-state index in [4.69, 9.17) is 4.74 Å². The van der Waals surface area contributed by atoms with E-state index in [-0.39, 0.29) is 11.6 Å². The van der Waals surface area contributed by atoms with Crippen molar-refractivity contribution in [3.8, 4) is 0 Å². The summed E-state index contributed by atoms with van der Waals surface area (Å²) < 4.78 is 14.3. The van der Waals surface area contributed by atoms with Gasteiger partial charge in [-0.05, 0) is 24.1 Å². The Labute approximate surface area is 134 Å². The molecule has 0 bridgehead atoms. The quantitative estimate of drug-likeness (QED) is 0.892. The largest absolute Gasteiger partial charge is 0.452 e. The van der Waals surface area contributed by atoms with Gasteiger partial charge in [-0.3, -0.25) is 4.79 Å². The number of imide groups is 1. The molecule has 1 aromatic rings. The van der Waals surface area contributed by atoms with Crippen LogP contribution in [0.4, 0.5) is 21.0 Å². The predicted molar refractivity (Wildman–Crippen MR) is 83.6 cm³/mol. The van der Waals surface area contributed by atoms with Crippen molar-refractivity contribution in [1.29, 1.82) is 0 Å². The minimum absolute atomic E-state index is 0.256. The van der Waals surface area contributed by atoms with E-state index in [1.807, 2.05) is 0 Å². The highest BCUT2D eigenvalue weighted by atomic mass is 16.6. The number of anilines is 2. The van der Waals surface area contributed by atoms with Gasteiger partial charge in [0.2, 0.25) is 5.91 Å². The number of benzene rings is 1. The fourth-order valence-electron chi connectivity index (χ4n) is 1.93.